The molecule has 7 heteroatoms. The van der Waals surface area contributed by atoms with Crippen LogP contribution in [0.4, 0.5) is 30.2 Å². The van der Waals surface area contributed by atoms with Crippen molar-refractivity contribution in [1.82, 2.24) is 4.90 Å². The standard InChI is InChI=1S/C12H17F3N4/c1-18-2-4-19(5-3-18)11-9(16)6-8(7-10(11)17)12(13,14)15/h6-7H,2-5,16-17H2,1H3. The number of anilines is 3. The molecule has 19 heavy (non-hydrogen) atoms. The monoisotopic (exact) mass is 274 g/mol. The Morgan fingerprint density at radius 2 is 1.47 bits per heavy atom. The van der Waals surface area contributed by atoms with Gasteiger partial charge in [0.15, 0.2) is 0 Å². The second-order valence-electron chi connectivity index (χ2n) is 4.79. The summed E-state index contributed by atoms with van der Waals surface area (Å²) < 4.78 is 37.9. The Morgan fingerprint density at radius 1 is 1.00 bits per heavy atom. The van der Waals surface area contributed by atoms with Crippen molar-refractivity contribution < 1.29 is 13.2 Å². The van der Waals surface area contributed by atoms with Crippen LogP contribution >= 0.6 is 0 Å². The topological polar surface area (TPSA) is 58.5 Å². The number of nitrogens with two attached hydrogens (primary N) is 2. The first kappa shape index (κ1) is 13.8. The van der Waals surface area contributed by atoms with Gasteiger partial charge in [-0.1, -0.05) is 0 Å². The number of alkyl halides is 3. The Kier molecular flexibility index (Phi) is 3.49. The lowest BCUT2D eigenvalue weighted by Gasteiger charge is -2.35. The zero-order chi connectivity index (χ0) is 14.2. The van der Waals surface area contributed by atoms with E-state index in [4.69, 9.17) is 11.5 Å². The van der Waals surface area contributed by atoms with Crippen molar-refractivity contribution in [1.29, 1.82) is 0 Å². The highest BCUT2D eigenvalue weighted by Crippen LogP contribution is 2.38. The van der Waals surface area contributed by atoms with Crippen molar-refractivity contribution >= 4 is 17.1 Å². The number of nitrogen functional groups attached to an aromatic ring is 2. The van der Waals surface area contributed by atoms with Crippen molar-refractivity contribution in [2.75, 3.05) is 49.6 Å². The molecule has 1 aromatic carbocycles. The first-order chi connectivity index (χ1) is 8.79. The van der Waals surface area contributed by atoms with Gasteiger partial charge in [-0.25, -0.2) is 0 Å². The molecule has 0 amide bonds. The van der Waals surface area contributed by atoms with Crippen LogP contribution in [-0.2, 0) is 6.18 Å². The highest BCUT2D eigenvalue weighted by molar-refractivity contribution is 5.82. The van der Waals surface area contributed by atoms with Crippen LogP contribution in [0.3, 0.4) is 0 Å². The maximum atomic E-state index is 12.6. The summed E-state index contributed by atoms with van der Waals surface area (Å²) in [5, 5.41) is 0. The summed E-state index contributed by atoms with van der Waals surface area (Å²) in [4.78, 5) is 4.08. The largest absolute Gasteiger partial charge is 0.416 e. The lowest BCUT2D eigenvalue weighted by atomic mass is 10.1. The minimum atomic E-state index is -4.43. The molecule has 4 nitrogen and oxygen atoms in total. The number of rotatable bonds is 1. The van der Waals surface area contributed by atoms with Crippen molar-refractivity contribution in [2.24, 2.45) is 0 Å². The third kappa shape index (κ3) is 2.86. The fraction of sp³-hybridized carbons (Fsp3) is 0.500. The molecule has 0 radical (unpaired) electrons. The van der Waals surface area contributed by atoms with E-state index in [1.807, 2.05) is 11.9 Å². The third-order valence-corrected chi connectivity index (χ3v) is 3.32. The lowest BCUT2D eigenvalue weighted by molar-refractivity contribution is -0.137. The number of hydrogen-bond donors (Lipinski definition) is 2. The van der Waals surface area contributed by atoms with Gasteiger partial charge in [-0.15, -0.1) is 0 Å². The summed E-state index contributed by atoms with van der Waals surface area (Å²) in [5.41, 5.74) is 11.4. The van der Waals surface area contributed by atoms with E-state index < -0.39 is 11.7 Å². The average molecular weight is 274 g/mol. The van der Waals surface area contributed by atoms with Crippen LogP contribution in [-0.4, -0.2) is 38.1 Å². The SMILES string of the molecule is CN1CCN(c2c(N)cc(C(F)(F)F)cc2N)CC1. The number of halogens is 3. The first-order valence-corrected chi connectivity index (χ1v) is 5.98. The number of nitrogens with zero attached hydrogens (tertiary/aromatic N) is 2. The Hall–Kier alpha value is -1.63. The van der Waals surface area contributed by atoms with Gasteiger partial charge >= 0.3 is 6.18 Å². The van der Waals surface area contributed by atoms with Crippen molar-refractivity contribution in [3.05, 3.63) is 17.7 Å². The second-order valence-corrected chi connectivity index (χ2v) is 4.79. The zero-order valence-electron chi connectivity index (χ0n) is 10.7. The molecule has 1 heterocycles. The Balaban J connectivity index is 2.32. The fourth-order valence-electron chi connectivity index (χ4n) is 2.24. The first-order valence-electron chi connectivity index (χ1n) is 5.98. The molecule has 1 aliphatic heterocycles. The molecule has 0 unspecified atom stereocenters. The average Bonchev–Trinajstić information content (AvgIpc) is 2.29. The molecule has 1 aliphatic rings. The Bertz CT molecular complexity index is 442. The minimum absolute atomic E-state index is 0.0804. The molecular weight excluding hydrogens is 257 g/mol. The molecule has 4 N–H and O–H groups in total. The van der Waals surface area contributed by atoms with Gasteiger partial charge in [0.2, 0.25) is 0 Å². The Morgan fingerprint density at radius 3 is 1.89 bits per heavy atom. The van der Waals surface area contributed by atoms with E-state index in [1.54, 1.807) is 0 Å². The molecule has 106 valence electrons. The minimum Gasteiger partial charge on any atom is -0.397 e. The molecule has 1 fully saturated rings. The summed E-state index contributed by atoms with van der Waals surface area (Å²) in [6.07, 6.45) is -4.43. The van der Waals surface area contributed by atoms with E-state index in [2.05, 4.69) is 4.90 Å². The van der Waals surface area contributed by atoms with Gasteiger partial charge in [0, 0.05) is 26.2 Å². The number of benzene rings is 1. The van der Waals surface area contributed by atoms with E-state index in [-0.39, 0.29) is 11.4 Å². The van der Waals surface area contributed by atoms with Crippen LogP contribution in [0.5, 0.6) is 0 Å². The van der Waals surface area contributed by atoms with Crippen molar-refractivity contribution in [3.8, 4) is 0 Å². The van der Waals surface area contributed by atoms with Gasteiger partial charge in [-0.2, -0.15) is 13.2 Å². The van der Waals surface area contributed by atoms with E-state index in [0.717, 1.165) is 25.2 Å². The quantitative estimate of drug-likeness (QED) is 0.764. The van der Waals surface area contributed by atoms with Gasteiger partial charge in [-0.05, 0) is 19.2 Å². The predicted octanol–water partition coefficient (Wildman–Crippen LogP) is 1.62. The van der Waals surface area contributed by atoms with E-state index in [0.29, 0.717) is 18.8 Å². The van der Waals surface area contributed by atoms with Crippen LogP contribution in [0.2, 0.25) is 0 Å². The van der Waals surface area contributed by atoms with Crippen LogP contribution in [0.15, 0.2) is 12.1 Å². The molecule has 0 saturated carbocycles. The van der Waals surface area contributed by atoms with Crippen LogP contribution in [0.25, 0.3) is 0 Å². The van der Waals surface area contributed by atoms with E-state index in [9.17, 15) is 13.2 Å². The summed E-state index contributed by atoms with van der Waals surface area (Å²) in [6.45, 7) is 3.08. The molecule has 0 atom stereocenters. The molecule has 0 bridgehead atoms. The number of hydrogen-bond acceptors (Lipinski definition) is 4. The van der Waals surface area contributed by atoms with E-state index >= 15 is 0 Å². The predicted molar refractivity (Wildman–Crippen MR) is 70.0 cm³/mol. The molecular formula is C12H17F3N4. The lowest BCUT2D eigenvalue weighted by Crippen LogP contribution is -2.45. The summed E-state index contributed by atoms with van der Waals surface area (Å²) in [6, 6.07) is 1.90. The van der Waals surface area contributed by atoms with Gasteiger partial charge < -0.3 is 21.3 Å². The second kappa shape index (κ2) is 4.80. The zero-order valence-corrected chi connectivity index (χ0v) is 10.7. The maximum absolute atomic E-state index is 12.6. The van der Waals surface area contributed by atoms with Gasteiger partial charge in [0.25, 0.3) is 0 Å². The molecule has 0 spiro atoms. The third-order valence-electron chi connectivity index (χ3n) is 3.32. The molecule has 1 saturated heterocycles. The van der Waals surface area contributed by atoms with Gasteiger partial charge in [0.1, 0.15) is 0 Å². The highest BCUT2D eigenvalue weighted by atomic mass is 19.4. The van der Waals surface area contributed by atoms with Crippen LogP contribution in [0.1, 0.15) is 5.56 Å². The Labute approximate surface area is 109 Å². The molecule has 2 rings (SSSR count). The summed E-state index contributed by atoms with van der Waals surface area (Å²) >= 11 is 0. The molecule has 1 aromatic rings. The van der Waals surface area contributed by atoms with Crippen molar-refractivity contribution in [3.63, 3.8) is 0 Å². The fourth-order valence-corrected chi connectivity index (χ4v) is 2.24. The van der Waals surface area contributed by atoms with Gasteiger partial charge in [0.05, 0.1) is 22.6 Å². The van der Waals surface area contributed by atoms with Gasteiger partial charge in [-0.3, -0.25) is 0 Å². The maximum Gasteiger partial charge on any atom is 0.416 e. The van der Waals surface area contributed by atoms with E-state index in [1.165, 1.54) is 0 Å². The summed E-state index contributed by atoms with van der Waals surface area (Å²) in [5.74, 6) is 0. The normalized spacial score (nSPS) is 17.8. The number of piperazine rings is 1. The molecule has 0 aromatic heterocycles. The summed E-state index contributed by atoms with van der Waals surface area (Å²) in [7, 11) is 2.00. The van der Waals surface area contributed by atoms with Crippen LogP contribution in [0, 0.1) is 0 Å². The number of likely N-dealkylation sites (N-methyl/N-ethyl adjacent to an activating group) is 1. The molecule has 0 aliphatic carbocycles. The van der Waals surface area contributed by atoms with Crippen molar-refractivity contribution in [2.45, 2.75) is 6.18 Å². The highest BCUT2D eigenvalue weighted by Gasteiger charge is 2.32. The smallest absolute Gasteiger partial charge is 0.397 e. The van der Waals surface area contributed by atoms with Crippen LogP contribution < -0.4 is 16.4 Å².